The van der Waals surface area contributed by atoms with Gasteiger partial charge in [-0.15, -0.1) is 0 Å². The minimum absolute atomic E-state index is 0.0666. The summed E-state index contributed by atoms with van der Waals surface area (Å²) in [4.78, 5) is 17.9. The number of carbonyl (C=O) groups excluding carboxylic acids is 1. The first kappa shape index (κ1) is 22.2. The van der Waals surface area contributed by atoms with Crippen LogP contribution >= 0.6 is 11.6 Å². The fourth-order valence-electron chi connectivity index (χ4n) is 5.19. The van der Waals surface area contributed by atoms with E-state index >= 15 is 0 Å². The van der Waals surface area contributed by atoms with Crippen LogP contribution in [0.3, 0.4) is 0 Å². The normalized spacial score (nSPS) is 17.8. The van der Waals surface area contributed by atoms with Crippen LogP contribution < -0.4 is 10.1 Å². The van der Waals surface area contributed by atoms with E-state index < -0.39 is 0 Å². The van der Waals surface area contributed by atoms with Crippen molar-refractivity contribution >= 4 is 17.5 Å². The molecule has 1 heterocycles. The average Bonchev–Trinajstić information content (AvgIpc) is 3.40. The molecule has 2 aliphatic carbocycles. The Balaban J connectivity index is 1.67. The summed E-state index contributed by atoms with van der Waals surface area (Å²) in [5.41, 5.74) is 2.28. The number of imidazole rings is 1. The molecule has 0 bridgehead atoms. The highest BCUT2D eigenvalue weighted by atomic mass is 35.5. The van der Waals surface area contributed by atoms with Gasteiger partial charge >= 0.3 is 0 Å². The van der Waals surface area contributed by atoms with Gasteiger partial charge < -0.3 is 14.6 Å². The fourth-order valence-corrected chi connectivity index (χ4v) is 5.37. The largest absolute Gasteiger partial charge is 0.496 e. The molecular formula is C25H34ClN3O2. The van der Waals surface area contributed by atoms with Gasteiger partial charge in [0.25, 0.3) is 5.91 Å². The second-order valence-electron chi connectivity index (χ2n) is 9.11. The van der Waals surface area contributed by atoms with Crippen LogP contribution in [0, 0.1) is 12.8 Å². The van der Waals surface area contributed by atoms with Gasteiger partial charge in [0.15, 0.2) is 0 Å². The number of amides is 1. The number of carbonyl (C=O) groups is 1. The van der Waals surface area contributed by atoms with Gasteiger partial charge in [0.1, 0.15) is 17.3 Å². The maximum absolute atomic E-state index is 13.1. The molecule has 2 aromatic rings. The Morgan fingerprint density at radius 2 is 1.87 bits per heavy atom. The third-order valence-electron chi connectivity index (χ3n) is 7.01. The first-order valence-corrected chi connectivity index (χ1v) is 12.2. The molecule has 5 nitrogen and oxygen atoms in total. The Hall–Kier alpha value is -2.01. The Morgan fingerprint density at radius 1 is 1.16 bits per heavy atom. The monoisotopic (exact) mass is 443 g/mol. The van der Waals surface area contributed by atoms with E-state index in [-0.39, 0.29) is 11.9 Å². The molecule has 2 aliphatic rings. The second-order valence-corrected chi connectivity index (χ2v) is 9.55. The molecule has 0 radical (unpaired) electrons. The zero-order chi connectivity index (χ0) is 21.8. The summed E-state index contributed by atoms with van der Waals surface area (Å²) < 4.78 is 7.81. The molecule has 0 spiro atoms. The van der Waals surface area contributed by atoms with Crippen molar-refractivity contribution in [1.29, 1.82) is 0 Å². The van der Waals surface area contributed by atoms with Crippen LogP contribution in [-0.4, -0.2) is 28.6 Å². The smallest absolute Gasteiger partial charge is 0.271 e. The number of ether oxygens (including phenoxy) is 1. The predicted molar refractivity (Wildman–Crippen MR) is 125 cm³/mol. The minimum atomic E-state index is -0.0666. The summed E-state index contributed by atoms with van der Waals surface area (Å²) in [6.45, 7) is 2.86. The number of aromatic nitrogens is 2. The molecule has 2 fully saturated rings. The topological polar surface area (TPSA) is 56.1 Å². The number of hydrogen-bond donors (Lipinski definition) is 1. The molecule has 1 amide bonds. The zero-order valence-corrected chi connectivity index (χ0v) is 19.5. The van der Waals surface area contributed by atoms with E-state index in [1.807, 2.05) is 25.1 Å². The van der Waals surface area contributed by atoms with E-state index in [1.54, 1.807) is 7.11 Å². The fraction of sp³-hybridized carbons (Fsp3) is 0.600. The van der Waals surface area contributed by atoms with Crippen molar-refractivity contribution in [3.8, 4) is 17.1 Å². The standard InChI is InChI=1S/C25H34ClN3O2/c1-17-23(25(30)27-20-10-6-7-11-20)28-24(21-16-19(26)12-13-22(21)31-2)29(17)15-14-18-8-4-3-5-9-18/h12-13,16,18,20H,3-11,14-15H2,1-2H3,(H,27,30). The minimum Gasteiger partial charge on any atom is -0.496 e. The summed E-state index contributed by atoms with van der Waals surface area (Å²) in [6.07, 6.45) is 12.2. The van der Waals surface area contributed by atoms with Crippen molar-refractivity contribution in [3.63, 3.8) is 0 Å². The molecule has 31 heavy (non-hydrogen) atoms. The van der Waals surface area contributed by atoms with Crippen molar-refractivity contribution < 1.29 is 9.53 Å². The maximum Gasteiger partial charge on any atom is 0.271 e. The van der Waals surface area contributed by atoms with Crippen molar-refractivity contribution in [2.45, 2.75) is 83.7 Å². The Bertz CT molecular complexity index is 912. The number of methoxy groups -OCH3 is 1. The number of nitrogens with one attached hydrogen (secondary N) is 1. The third-order valence-corrected chi connectivity index (χ3v) is 7.25. The third kappa shape index (κ3) is 5.08. The van der Waals surface area contributed by atoms with E-state index in [2.05, 4.69) is 9.88 Å². The lowest BCUT2D eigenvalue weighted by atomic mass is 9.87. The highest BCUT2D eigenvalue weighted by Gasteiger charge is 2.26. The Kier molecular flexibility index (Phi) is 7.21. The van der Waals surface area contributed by atoms with Crippen LogP contribution in [0.15, 0.2) is 18.2 Å². The van der Waals surface area contributed by atoms with E-state index in [1.165, 1.54) is 44.9 Å². The lowest BCUT2D eigenvalue weighted by Gasteiger charge is -2.22. The molecule has 0 aliphatic heterocycles. The van der Waals surface area contributed by atoms with Crippen molar-refractivity contribution in [2.24, 2.45) is 5.92 Å². The summed E-state index contributed by atoms with van der Waals surface area (Å²) >= 11 is 6.33. The second kappa shape index (κ2) is 10.1. The van der Waals surface area contributed by atoms with Crippen LogP contribution in [0.5, 0.6) is 5.75 Å². The first-order valence-electron chi connectivity index (χ1n) is 11.8. The van der Waals surface area contributed by atoms with Crippen LogP contribution in [0.25, 0.3) is 11.4 Å². The Morgan fingerprint density at radius 3 is 2.58 bits per heavy atom. The van der Waals surface area contributed by atoms with Gasteiger partial charge in [-0.05, 0) is 50.3 Å². The van der Waals surface area contributed by atoms with Gasteiger partial charge in [-0.25, -0.2) is 4.98 Å². The zero-order valence-electron chi connectivity index (χ0n) is 18.8. The van der Waals surface area contributed by atoms with Crippen molar-refractivity contribution in [3.05, 3.63) is 34.6 Å². The Labute approximate surface area is 190 Å². The molecule has 6 heteroatoms. The average molecular weight is 444 g/mol. The van der Waals surface area contributed by atoms with Crippen LogP contribution in [-0.2, 0) is 6.54 Å². The number of nitrogens with zero attached hydrogens (tertiary/aromatic N) is 2. The van der Waals surface area contributed by atoms with E-state index in [0.717, 1.165) is 54.6 Å². The number of rotatable bonds is 7. The van der Waals surface area contributed by atoms with E-state index in [9.17, 15) is 4.79 Å². The summed E-state index contributed by atoms with van der Waals surface area (Å²) in [7, 11) is 1.66. The SMILES string of the molecule is COc1ccc(Cl)cc1-c1nc(C(=O)NC2CCCC2)c(C)n1CCC1CCCCC1. The molecule has 4 rings (SSSR count). The molecule has 0 saturated heterocycles. The first-order chi connectivity index (χ1) is 15.1. The molecule has 2 saturated carbocycles. The van der Waals surface area contributed by atoms with Gasteiger partial charge in [-0.2, -0.15) is 0 Å². The van der Waals surface area contributed by atoms with Crippen molar-refractivity contribution in [1.82, 2.24) is 14.9 Å². The van der Waals surface area contributed by atoms with E-state index in [4.69, 9.17) is 21.3 Å². The predicted octanol–water partition coefficient (Wildman–Crippen LogP) is 6.16. The van der Waals surface area contributed by atoms with Crippen LogP contribution in [0.2, 0.25) is 5.02 Å². The van der Waals surface area contributed by atoms with Gasteiger partial charge in [0.2, 0.25) is 0 Å². The van der Waals surface area contributed by atoms with Gasteiger partial charge in [-0.3, -0.25) is 4.79 Å². The number of halogens is 1. The molecular weight excluding hydrogens is 410 g/mol. The molecule has 168 valence electrons. The van der Waals surface area contributed by atoms with Crippen LogP contribution in [0.4, 0.5) is 0 Å². The van der Waals surface area contributed by atoms with E-state index in [0.29, 0.717) is 10.7 Å². The summed E-state index contributed by atoms with van der Waals surface area (Å²) in [5, 5.41) is 3.83. The molecule has 1 N–H and O–H groups in total. The molecule has 1 aromatic heterocycles. The highest BCUT2D eigenvalue weighted by Crippen LogP contribution is 2.35. The summed E-state index contributed by atoms with van der Waals surface area (Å²) in [5.74, 6) is 2.17. The molecule has 1 aromatic carbocycles. The number of hydrogen-bond acceptors (Lipinski definition) is 3. The van der Waals surface area contributed by atoms with Gasteiger partial charge in [0.05, 0.1) is 12.7 Å². The number of benzene rings is 1. The van der Waals surface area contributed by atoms with Crippen molar-refractivity contribution in [2.75, 3.05) is 7.11 Å². The van der Waals surface area contributed by atoms with Crippen LogP contribution in [0.1, 0.15) is 80.4 Å². The molecule has 0 unspecified atom stereocenters. The van der Waals surface area contributed by atoms with Gasteiger partial charge in [-0.1, -0.05) is 56.5 Å². The molecule has 0 atom stereocenters. The maximum atomic E-state index is 13.1. The quantitative estimate of drug-likeness (QED) is 0.557. The lowest BCUT2D eigenvalue weighted by molar-refractivity contribution is 0.0932. The lowest BCUT2D eigenvalue weighted by Crippen LogP contribution is -2.33. The summed E-state index contributed by atoms with van der Waals surface area (Å²) in [6, 6.07) is 5.84. The van der Waals surface area contributed by atoms with Gasteiger partial charge in [0, 0.05) is 23.3 Å². The highest BCUT2D eigenvalue weighted by molar-refractivity contribution is 6.30.